The second-order valence-electron chi connectivity index (χ2n) is 5.55. The quantitative estimate of drug-likeness (QED) is 0.522. The van der Waals surface area contributed by atoms with Crippen molar-refractivity contribution in [2.45, 2.75) is 0 Å². The molecule has 4 rings (SSSR count). The van der Waals surface area contributed by atoms with Crippen LogP contribution in [0.4, 0.5) is 0 Å². The lowest BCUT2D eigenvalue weighted by Crippen LogP contribution is -1.90. The van der Waals surface area contributed by atoms with Crippen LogP contribution in [0.2, 0.25) is 0 Å². The van der Waals surface area contributed by atoms with E-state index in [0.29, 0.717) is 17.1 Å². The molecule has 0 aliphatic carbocycles. The van der Waals surface area contributed by atoms with Crippen LogP contribution in [0.5, 0.6) is 17.2 Å². The number of benzene rings is 4. The summed E-state index contributed by atoms with van der Waals surface area (Å²) in [7, 11) is 0. The monoisotopic (exact) mass is 314 g/mol. The second-order valence-corrected chi connectivity index (χ2v) is 5.55. The summed E-state index contributed by atoms with van der Waals surface area (Å²) >= 11 is 0. The lowest BCUT2D eigenvalue weighted by atomic mass is 10.0. The van der Waals surface area contributed by atoms with Crippen molar-refractivity contribution in [3.8, 4) is 17.2 Å². The highest BCUT2D eigenvalue weighted by molar-refractivity contribution is 6.01. The third-order valence-corrected chi connectivity index (χ3v) is 4.13. The van der Waals surface area contributed by atoms with Crippen molar-refractivity contribution < 1.29 is 14.6 Å². The van der Waals surface area contributed by atoms with Gasteiger partial charge >= 0.3 is 0 Å². The maximum Gasteiger partial charge on any atom is 0.150 e. The Bertz CT molecular complexity index is 1070. The van der Waals surface area contributed by atoms with Crippen LogP contribution in [-0.2, 0) is 0 Å². The van der Waals surface area contributed by atoms with Crippen LogP contribution in [0.1, 0.15) is 10.4 Å². The van der Waals surface area contributed by atoms with Gasteiger partial charge in [0, 0.05) is 21.7 Å². The highest BCUT2D eigenvalue weighted by atomic mass is 16.5. The summed E-state index contributed by atoms with van der Waals surface area (Å²) in [4.78, 5) is 11.2. The topological polar surface area (TPSA) is 46.5 Å². The Balaban J connectivity index is 1.90. The van der Waals surface area contributed by atoms with Crippen molar-refractivity contribution in [3.63, 3.8) is 0 Å². The van der Waals surface area contributed by atoms with Crippen molar-refractivity contribution in [1.82, 2.24) is 0 Å². The van der Waals surface area contributed by atoms with Gasteiger partial charge in [-0.25, -0.2) is 0 Å². The van der Waals surface area contributed by atoms with E-state index in [1.54, 1.807) is 24.3 Å². The molecule has 0 atom stereocenters. The number of ether oxygens (including phenoxy) is 1. The first-order valence-electron chi connectivity index (χ1n) is 7.63. The molecule has 0 amide bonds. The third kappa shape index (κ3) is 2.27. The molecule has 3 heteroatoms. The molecule has 0 saturated carbocycles. The Labute approximate surface area is 138 Å². The summed E-state index contributed by atoms with van der Waals surface area (Å²) in [6.45, 7) is 0. The summed E-state index contributed by atoms with van der Waals surface area (Å²) in [6.07, 6.45) is 0.849. The van der Waals surface area contributed by atoms with E-state index in [9.17, 15) is 9.90 Å². The highest BCUT2D eigenvalue weighted by Crippen LogP contribution is 2.37. The summed E-state index contributed by atoms with van der Waals surface area (Å²) < 4.78 is 6.13. The van der Waals surface area contributed by atoms with Crippen molar-refractivity contribution in [3.05, 3.63) is 78.4 Å². The Morgan fingerprint density at radius 3 is 1.88 bits per heavy atom. The maximum absolute atomic E-state index is 11.2. The zero-order chi connectivity index (χ0) is 16.5. The molecular formula is C21H14O3. The molecule has 0 aliphatic rings. The average Bonchev–Trinajstić information content (AvgIpc) is 2.64. The molecule has 4 aromatic carbocycles. The Morgan fingerprint density at radius 2 is 1.21 bits per heavy atom. The van der Waals surface area contributed by atoms with E-state index in [-0.39, 0.29) is 5.75 Å². The smallest absolute Gasteiger partial charge is 0.150 e. The Hall–Kier alpha value is -3.33. The van der Waals surface area contributed by atoms with Gasteiger partial charge < -0.3 is 9.84 Å². The Morgan fingerprint density at radius 1 is 0.667 bits per heavy atom. The second kappa shape index (κ2) is 5.70. The standard InChI is InChI=1S/C21H14O3/c22-13-14-9-11-20(17-7-3-1-5-15(14)17)24-21-12-10-19(23)16-6-2-4-8-18(16)21/h1-13,23H. The first-order valence-corrected chi connectivity index (χ1v) is 7.63. The van der Waals surface area contributed by atoms with E-state index in [1.165, 1.54) is 0 Å². The lowest BCUT2D eigenvalue weighted by Gasteiger charge is -2.13. The molecule has 0 unspecified atom stereocenters. The molecule has 0 aromatic heterocycles. The normalized spacial score (nSPS) is 10.8. The zero-order valence-electron chi connectivity index (χ0n) is 12.8. The largest absolute Gasteiger partial charge is 0.507 e. The van der Waals surface area contributed by atoms with Gasteiger partial charge in [-0.15, -0.1) is 0 Å². The SMILES string of the molecule is O=Cc1ccc(Oc2ccc(O)c3ccccc23)c2ccccc12. The van der Waals surface area contributed by atoms with Crippen molar-refractivity contribution >= 4 is 27.8 Å². The number of hydrogen-bond acceptors (Lipinski definition) is 3. The number of carbonyl (C=O) groups excluding carboxylic acids is 1. The van der Waals surface area contributed by atoms with E-state index in [4.69, 9.17) is 4.74 Å². The summed E-state index contributed by atoms with van der Waals surface area (Å²) in [5, 5.41) is 13.3. The molecule has 0 radical (unpaired) electrons. The van der Waals surface area contributed by atoms with Crippen molar-refractivity contribution in [2.24, 2.45) is 0 Å². The molecule has 0 bridgehead atoms. The van der Waals surface area contributed by atoms with Gasteiger partial charge in [0.15, 0.2) is 6.29 Å². The first-order chi connectivity index (χ1) is 11.8. The fourth-order valence-electron chi connectivity index (χ4n) is 2.95. The van der Waals surface area contributed by atoms with Gasteiger partial charge in [-0.2, -0.15) is 0 Å². The fourth-order valence-corrected chi connectivity index (χ4v) is 2.95. The number of hydrogen-bond donors (Lipinski definition) is 1. The molecule has 116 valence electrons. The maximum atomic E-state index is 11.2. The number of aldehydes is 1. The predicted octanol–water partition coefficient (Wildman–Crippen LogP) is 5.30. The number of carbonyl (C=O) groups is 1. The van der Waals surface area contributed by atoms with Crippen molar-refractivity contribution in [2.75, 3.05) is 0 Å². The summed E-state index contributed by atoms with van der Waals surface area (Å²) in [6, 6.07) is 22.1. The van der Waals surface area contributed by atoms with Crippen molar-refractivity contribution in [1.29, 1.82) is 0 Å². The molecule has 0 fully saturated rings. The third-order valence-electron chi connectivity index (χ3n) is 4.13. The average molecular weight is 314 g/mol. The van der Waals surface area contributed by atoms with Crippen LogP contribution < -0.4 is 4.74 Å². The predicted molar refractivity (Wildman–Crippen MR) is 95.0 cm³/mol. The Kier molecular flexibility index (Phi) is 3.39. The van der Waals surface area contributed by atoms with Gasteiger partial charge in [0.05, 0.1) is 0 Å². The van der Waals surface area contributed by atoms with E-state index < -0.39 is 0 Å². The molecule has 1 N–H and O–H groups in total. The minimum atomic E-state index is 0.221. The lowest BCUT2D eigenvalue weighted by molar-refractivity contribution is 0.112. The molecule has 3 nitrogen and oxygen atoms in total. The first kappa shape index (κ1) is 14.3. The number of phenolic OH excluding ortho intramolecular Hbond substituents is 1. The fraction of sp³-hybridized carbons (Fsp3) is 0. The summed E-state index contributed by atoms with van der Waals surface area (Å²) in [5.41, 5.74) is 0.633. The minimum absolute atomic E-state index is 0.221. The molecule has 0 saturated heterocycles. The zero-order valence-corrected chi connectivity index (χ0v) is 12.8. The van der Waals surface area contributed by atoms with Crippen LogP contribution in [0.15, 0.2) is 72.8 Å². The molecule has 24 heavy (non-hydrogen) atoms. The number of phenols is 1. The van der Waals surface area contributed by atoms with E-state index >= 15 is 0 Å². The van der Waals surface area contributed by atoms with Gasteiger partial charge in [0.1, 0.15) is 17.2 Å². The highest BCUT2D eigenvalue weighted by Gasteiger charge is 2.10. The number of aromatic hydroxyl groups is 1. The molecular weight excluding hydrogens is 300 g/mol. The van der Waals surface area contributed by atoms with Gasteiger partial charge in [-0.3, -0.25) is 4.79 Å². The minimum Gasteiger partial charge on any atom is -0.507 e. The van der Waals surface area contributed by atoms with Crippen LogP contribution in [-0.4, -0.2) is 11.4 Å². The van der Waals surface area contributed by atoms with Gasteiger partial charge in [-0.05, 0) is 29.7 Å². The van der Waals surface area contributed by atoms with Crippen LogP contribution in [0.3, 0.4) is 0 Å². The van der Waals surface area contributed by atoms with Gasteiger partial charge in [0.25, 0.3) is 0 Å². The number of rotatable bonds is 3. The van der Waals surface area contributed by atoms with E-state index in [0.717, 1.165) is 27.8 Å². The van der Waals surface area contributed by atoms with Gasteiger partial charge in [-0.1, -0.05) is 48.5 Å². The molecule has 0 aliphatic heterocycles. The molecule has 0 heterocycles. The van der Waals surface area contributed by atoms with Gasteiger partial charge in [0.2, 0.25) is 0 Å². The summed E-state index contributed by atoms with van der Waals surface area (Å²) in [5.74, 6) is 1.55. The molecule has 0 spiro atoms. The molecule has 4 aromatic rings. The van der Waals surface area contributed by atoms with Crippen LogP contribution in [0, 0.1) is 0 Å². The van der Waals surface area contributed by atoms with E-state index in [2.05, 4.69) is 0 Å². The van der Waals surface area contributed by atoms with Crippen LogP contribution >= 0.6 is 0 Å². The number of fused-ring (bicyclic) bond motifs is 2. The van der Waals surface area contributed by atoms with Crippen LogP contribution in [0.25, 0.3) is 21.5 Å². The van der Waals surface area contributed by atoms with E-state index in [1.807, 2.05) is 48.5 Å².